The van der Waals surface area contributed by atoms with Crippen molar-refractivity contribution in [2.24, 2.45) is 0 Å². The molecule has 0 spiro atoms. The van der Waals surface area contributed by atoms with E-state index in [1.165, 1.54) is 14.2 Å². The van der Waals surface area contributed by atoms with E-state index in [1.807, 2.05) is 0 Å². The molecule has 1 aromatic rings. The molecule has 0 aromatic heterocycles. The quantitative estimate of drug-likeness (QED) is 0.813. The summed E-state index contributed by atoms with van der Waals surface area (Å²) in [4.78, 5) is 38.9. The van der Waals surface area contributed by atoms with Crippen LogP contribution in [-0.4, -0.2) is 67.7 Å². The van der Waals surface area contributed by atoms with Gasteiger partial charge in [-0.2, -0.15) is 0 Å². The summed E-state index contributed by atoms with van der Waals surface area (Å²) >= 11 is 0. The number of para-hydroxylation sites is 1. The van der Waals surface area contributed by atoms with Crippen LogP contribution in [0.3, 0.4) is 0 Å². The Bertz CT molecular complexity index is 673. The molecule has 2 heterocycles. The minimum atomic E-state index is -0.641. The molecule has 2 aliphatic rings. The number of amides is 3. The van der Waals surface area contributed by atoms with Crippen molar-refractivity contribution in [1.82, 2.24) is 9.80 Å². The summed E-state index contributed by atoms with van der Waals surface area (Å²) in [6.07, 6.45) is -0.114. The predicted octanol–water partition coefficient (Wildman–Crippen LogP) is 0.897. The maximum Gasteiger partial charge on any atom is 0.417 e. The second-order valence-electron chi connectivity index (χ2n) is 5.55. The van der Waals surface area contributed by atoms with Gasteiger partial charge in [-0.05, 0) is 18.6 Å². The number of ether oxygens (including phenoxy) is 3. The predicted molar refractivity (Wildman–Crippen MR) is 82.0 cm³/mol. The Morgan fingerprint density at radius 2 is 2.04 bits per heavy atom. The first-order chi connectivity index (χ1) is 11.6. The fourth-order valence-corrected chi connectivity index (χ4v) is 3.08. The summed E-state index contributed by atoms with van der Waals surface area (Å²) in [6.45, 7) is 0.494. The van der Waals surface area contributed by atoms with E-state index >= 15 is 0 Å². The van der Waals surface area contributed by atoms with Gasteiger partial charge in [0.15, 0.2) is 18.1 Å². The van der Waals surface area contributed by atoms with Crippen LogP contribution in [0.5, 0.6) is 11.5 Å². The van der Waals surface area contributed by atoms with Crippen molar-refractivity contribution >= 4 is 17.9 Å². The van der Waals surface area contributed by atoms with Gasteiger partial charge in [-0.3, -0.25) is 9.59 Å². The molecule has 2 saturated heterocycles. The molecule has 0 saturated carbocycles. The van der Waals surface area contributed by atoms with Crippen molar-refractivity contribution in [3.63, 3.8) is 0 Å². The lowest BCUT2D eigenvalue weighted by Gasteiger charge is -2.21. The number of carbonyl (C=O) groups is 3. The van der Waals surface area contributed by atoms with Gasteiger partial charge >= 0.3 is 6.09 Å². The van der Waals surface area contributed by atoms with Crippen LogP contribution in [-0.2, 0) is 9.53 Å². The fourth-order valence-electron chi connectivity index (χ4n) is 3.08. The van der Waals surface area contributed by atoms with Crippen molar-refractivity contribution in [2.75, 3.05) is 33.9 Å². The second kappa shape index (κ2) is 6.38. The number of likely N-dealkylation sites (tertiary alicyclic amines) is 1. The Labute approximate surface area is 138 Å². The largest absolute Gasteiger partial charge is 0.493 e. The molecule has 3 rings (SSSR count). The number of cyclic esters (lactones) is 1. The first-order valence-electron chi connectivity index (χ1n) is 7.56. The van der Waals surface area contributed by atoms with Gasteiger partial charge in [0, 0.05) is 13.1 Å². The maximum absolute atomic E-state index is 12.8. The van der Waals surface area contributed by atoms with Crippen LogP contribution in [0.1, 0.15) is 16.8 Å². The number of benzene rings is 1. The van der Waals surface area contributed by atoms with Crippen LogP contribution in [0, 0.1) is 0 Å². The van der Waals surface area contributed by atoms with E-state index in [0.29, 0.717) is 30.0 Å². The highest BCUT2D eigenvalue weighted by molar-refractivity contribution is 5.99. The highest BCUT2D eigenvalue weighted by Gasteiger charge is 2.41. The van der Waals surface area contributed by atoms with Crippen molar-refractivity contribution in [3.8, 4) is 11.5 Å². The molecule has 0 aliphatic carbocycles. The van der Waals surface area contributed by atoms with Gasteiger partial charge in [0.05, 0.1) is 25.8 Å². The summed E-state index contributed by atoms with van der Waals surface area (Å²) in [7, 11) is 2.98. The molecule has 24 heavy (non-hydrogen) atoms. The Morgan fingerprint density at radius 1 is 1.25 bits per heavy atom. The molecule has 128 valence electrons. The van der Waals surface area contributed by atoms with Gasteiger partial charge in [-0.15, -0.1) is 0 Å². The van der Waals surface area contributed by atoms with Crippen molar-refractivity contribution in [1.29, 1.82) is 0 Å². The van der Waals surface area contributed by atoms with Crippen molar-refractivity contribution < 1.29 is 28.6 Å². The van der Waals surface area contributed by atoms with Crippen molar-refractivity contribution in [3.05, 3.63) is 23.8 Å². The fraction of sp³-hybridized carbons (Fsp3) is 0.438. The zero-order valence-electron chi connectivity index (χ0n) is 13.5. The summed E-state index contributed by atoms with van der Waals surface area (Å²) in [6, 6.07) is 4.73. The molecule has 0 bridgehead atoms. The average Bonchev–Trinajstić information content (AvgIpc) is 3.19. The van der Waals surface area contributed by atoms with Crippen LogP contribution in [0.2, 0.25) is 0 Å². The molecule has 8 heteroatoms. The Kier molecular flexibility index (Phi) is 4.28. The topological polar surface area (TPSA) is 85.4 Å². The molecule has 1 unspecified atom stereocenters. The van der Waals surface area contributed by atoms with Gasteiger partial charge in [0.1, 0.15) is 0 Å². The lowest BCUT2D eigenvalue weighted by atomic mass is 10.1. The first-order valence-corrected chi connectivity index (χ1v) is 7.56. The zero-order chi connectivity index (χ0) is 17.3. The Hall–Kier alpha value is -2.77. The first kappa shape index (κ1) is 16.1. The monoisotopic (exact) mass is 334 g/mol. The molecule has 1 aromatic carbocycles. The highest BCUT2D eigenvalue weighted by atomic mass is 16.6. The van der Waals surface area contributed by atoms with E-state index in [1.54, 1.807) is 23.1 Å². The number of hydrogen-bond donors (Lipinski definition) is 0. The van der Waals surface area contributed by atoms with Crippen molar-refractivity contribution in [2.45, 2.75) is 12.5 Å². The maximum atomic E-state index is 12.8. The summed E-state index contributed by atoms with van der Waals surface area (Å²) in [5, 5.41) is 0. The smallest absolute Gasteiger partial charge is 0.417 e. The Morgan fingerprint density at radius 3 is 2.67 bits per heavy atom. The van der Waals surface area contributed by atoms with Crippen LogP contribution < -0.4 is 9.47 Å². The number of hydrogen-bond acceptors (Lipinski definition) is 6. The SMILES string of the molecule is COc1cccc(C(=O)N2CCC(N3C(=O)COC3=O)C2)c1OC. The van der Waals surface area contributed by atoms with Gasteiger partial charge in [-0.25, -0.2) is 9.69 Å². The van der Waals surface area contributed by atoms with Crippen LogP contribution >= 0.6 is 0 Å². The lowest BCUT2D eigenvalue weighted by Crippen LogP contribution is -2.42. The Balaban J connectivity index is 1.78. The van der Waals surface area contributed by atoms with E-state index < -0.39 is 6.09 Å². The average molecular weight is 334 g/mol. The van der Waals surface area contributed by atoms with Gasteiger partial charge < -0.3 is 19.1 Å². The molecule has 0 radical (unpaired) electrons. The van der Waals surface area contributed by atoms with E-state index in [0.717, 1.165) is 4.90 Å². The minimum Gasteiger partial charge on any atom is -0.493 e. The number of nitrogens with zero attached hydrogens (tertiary/aromatic N) is 2. The summed E-state index contributed by atoms with van der Waals surface area (Å²) in [5.41, 5.74) is 0.382. The third kappa shape index (κ3) is 2.64. The second-order valence-corrected chi connectivity index (χ2v) is 5.55. The highest BCUT2D eigenvalue weighted by Crippen LogP contribution is 2.32. The number of rotatable bonds is 4. The molecule has 0 N–H and O–H groups in total. The number of methoxy groups -OCH3 is 2. The number of carbonyl (C=O) groups excluding carboxylic acids is 3. The van der Waals surface area contributed by atoms with Gasteiger partial charge in [0.25, 0.3) is 11.8 Å². The molecule has 1 atom stereocenters. The molecule has 3 amide bonds. The molecular weight excluding hydrogens is 316 g/mol. The third-order valence-electron chi connectivity index (χ3n) is 4.23. The lowest BCUT2D eigenvalue weighted by molar-refractivity contribution is -0.127. The van der Waals surface area contributed by atoms with Gasteiger partial charge in [0.2, 0.25) is 0 Å². The van der Waals surface area contributed by atoms with E-state index in [4.69, 9.17) is 14.2 Å². The van der Waals surface area contributed by atoms with Crippen LogP contribution in [0.25, 0.3) is 0 Å². The summed E-state index contributed by atoms with van der Waals surface area (Å²) < 4.78 is 15.2. The van der Waals surface area contributed by atoms with E-state index in [-0.39, 0.29) is 31.0 Å². The van der Waals surface area contributed by atoms with Crippen LogP contribution in [0.15, 0.2) is 18.2 Å². The molecule has 8 nitrogen and oxygen atoms in total. The molecule has 2 fully saturated rings. The van der Waals surface area contributed by atoms with E-state index in [2.05, 4.69) is 0 Å². The van der Waals surface area contributed by atoms with Crippen LogP contribution in [0.4, 0.5) is 4.79 Å². The standard InChI is InChI=1S/C16H18N2O6/c1-22-12-5-3-4-11(14(12)23-2)15(20)17-7-6-10(8-17)18-13(19)9-24-16(18)21/h3-5,10H,6-9H2,1-2H3. The normalized spacial score (nSPS) is 20.3. The third-order valence-corrected chi connectivity index (χ3v) is 4.23. The molecule has 2 aliphatic heterocycles. The van der Waals surface area contributed by atoms with E-state index in [9.17, 15) is 14.4 Å². The minimum absolute atomic E-state index is 0.228. The molecular formula is C16H18N2O6. The number of imide groups is 1. The van der Waals surface area contributed by atoms with Gasteiger partial charge in [-0.1, -0.05) is 6.07 Å². The summed E-state index contributed by atoms with van der Waals surface area (Å²) in [5.74, 6) is 0.244. The zero-order valence-corrected chi connectivity index (χ0v) is 13.5.